The van der Waals surface area contributed by atoms with E-state index in [0.717, 1.165) is 36.7 Å². The van der Waals surface area contributed by atoms with Crippen LogP contribution in [-0.2, 0) is 11.3 Å². The second-order valence-electron chi connectivity index (χ2n) is 7.04. The summed E-state index contributed by atoms with van der Waals surface area (Å²) < 4.78 is 40.3. The van der Waals surface area contributed by atoms with Crippen molar-refractivity contribution < 1.29 is 27.8 Å². The van der Waals surface area contributed by atoms with Crippen LogP contribution in [0.3, 0.4) is 0 Å². The third-order valence-electron chi connectivity index (χ3n) is 5.07. The van der Waals surface area contributed by atoms with E-state index < -0.39 is 6.61 Å². The zero-order valence-corrected chi connectivity index (χ0v) is 16.3. The number of carbonyl (C=O) groups is 1. The van der Waals surface area contributed by atoms with E-state index in [9.17, 15) is 13.6 Å². The summed E-state index contributed by atoms with van der Waals surface area (Å²) in [5.74, 6) is 1.43. The molecule has 0 aliphatic carbocycles. The summed E-state index contributed by atoms with van der Waals surface area (Å²) in [5.41, 5.74) is 1.57. The average Bonchev–Trinajstić information content (AvgIpc) is 3.21. The quantitative estimate of drug-likeness (QED) is 0.676. The van der Waals surface area contributed by atoms with Gasteiger partial charge in [-0.3, -0.25) is 9.69 Å². The first-order valence-corrected chi connectivity index (χ1v) is 9.70. The summed E-state index contributed by atoms with van der Waals surface area (Å²) in [5, 5.41) is 0. The average molecular weight is 416 g/mol. The van der Waals surface area contributed by atoms with Crippen molar-refractivity contribution >= 4 is 12.0 Å². The fourth-order valence-electron chi connectivity index (χ4n) is 3.51. The van der Waals surface area contributed by atoms with Crippen LogP contribution in [-0.4, -0.2) is 55.3 Å². The molecule has 2 aliphatic rings. The molecule has 30 heavy (non-hydrogen) atoms. The van der Waals surface area contributed by atoms with Crippen LogP contribution in [0.4, 0.5) is 8.78 Å². The smallest absolute Gasteiger partial charge is 0.387 e. The number of rotatable bonds is 6. The maximum absolute atomic E-state index is 12.5. The molecule has 0 atom stereocenters. The Morgan fingerprint density at radius 3 is 2.63 bits per heavy atom. The van der Waals surface area contributed by atoms with Crippen LogP contribution < -0.4 is 14.2 Å². The molecule has 8 heteroatoms. The van der Waals surface area contributed by atoms with E-state index in [4.69, 9.17) is 9.47 Å². The minimum absolute atomic E-state index is 0.0464. The van der Waals surface area contributed by atoms with Crippen molar-refractivity contribution in [1.29, 1.82) is 0 Å². The maximum atomic E-state index is 12.5. The molecule has 6 nitrogen and oxygen atoms in total. The van der Waals surface area contributed by atoms with E-state index in [0.29, 0.717) is 18.7 Å². The minimum atomic E-state index is -2.91. The lowest BCUT2D eigenvalue weighted by Gasteiger charge is -2.34. The maximum Gasteiger partial charge on any atom is 0.387 e. The lowest BCUT2D eigenvalue weighted by molar-refractivity contribution is -0.127. The van der Waals surface area contributed by atoms with E-state index in [1.54, 1.807) is 23.1 Å². The number of halogens is 2. The number of fused-ring (bicyclic) bond motifs is 1. The highest BCUT2D eigenvalue weighted by molar-refractivity contribution is 5.92. The van der Waals surface area contributed by atoms with Gasteiger partial charge >= 0.3 is 6.61 Å². The second kappa shape index (κ2) is 9.13. The van der Waals surface area contributed by atoms with Gasteiger partial charge in [0.2, 0.25) is 12.7 Å². The third-order valence-corrected chi connectivity index (χ3v) is 5.07. The van der Waals surface area contributed by atoms with Gasteiger partial charge in [0, 0.05) is 44.4 Å². The van der Waals surface area contributed by atoms with Crippen molar-refractivity contribution in [3.05, 3.63) is 59.7 Å². The summed E-state index contributed by atoms with van der Waals surface area (Å²) in [6, 6.07) is 12.3. The van der Waals surface area contributed by atoms with Gasteiger partial charge in [-0.1, -0.05) is 24.3 Å². The summed E-state index contributed by atoms with van der Waals surface area (Å²) in [7, 11) is 0. The molecule has 0 radical (unpaired) electrons. The number of hydrogen-bond acceptors (Lipinski definition) is 5. The van der Waals surface area contributed by atoms with Crippen molar-refractivity contribution in [2.24, 2.45) is 0 Å². The standard InChI is InChI=1S/C22H22F2N2O4/c23-22(24)30-18-4-2-1-3-17(18)6-8-21(27)26-11-9-25(10-12-26)14-16-5-7-19-20(13-16)29-15-28-19/h1-8,13,22H,9-12,14-15H2/b8-6+. The van der Waals surface area contributed by atoms with Crippen LogP contribution in [0.5, 0.6) is 17.2 Å². The van der Waals surface area contributed by atoms with Gasteiger partial charge in [0.1, 0.15) is 5.75 Å². The monoisotopic (exact) mass is 416 g/mol. The van der Waals surface area contributed by atoms with E-state index in [1.807, 2.05) is 18.2 Å². The van der Waals surface area contributed by atoms with Crippen LogP contribution in [0.2, 0.25) is 0 Å². The molecule has 0 N–H and O–H groups in total. The highest BCUT2D eigenvalue weighted by atomic mass is 19.3. The van der Waals surface area contributed by atoms with Crippen LogP contribution >= 0.6 is 0 Å². The summed E-state index contributed by atoms with van der Waals surface area (Å²) in [6.45, 7) is 0.816. The molecular formula is C22H22F2N2O4. The molecule has 4 rings (SSSR count). The van der Waals surface area contributed by atoms with E-state index in [-0.39, 0.29) is 18.4 Å². The molecule has 2 aliphatic heterocycles. The predicted octanol–water partition coefficient (Wildman–Crippen LogP) is 3.37. The molecule has 0 saturated carbocycles. The highest BCUT2D eigenvalue weighted by Gasteiger charge is 2.21. The van der Waals surface area contributed by atoms with Gasteiger partial charge in [0.25, 0.3) is 0 Å². The molecule has 0 bridgehead atoms. The molecule has 1 fully saturated rings. The second-order valence-corrected chi connectivity index (χ2v) is 7.04. The van der Waals surface area contributed by atoms with Crippen molar-refractivity contribution in [1.82, 2.24) is 9.80 Å². The van der Waals surface area contributed by atoms with E-state index in [1.165, 1.54) is 18.2 Å². The third kappa shape index (κ3) is 4.88. The zero-order valence-electron chi connectivity index (χ0n) is 16.3. The summed E-state index contributed by atoms with van der Waals surface area (Å²) >= 11 is 0. The zero-order chi connectivity index (χ0) is 20.9. The molecule has 0 aromatic heterocycles. The molecule has 1 saturated heterocycles. The largest absolute Gasteiger partial charge is 0.454 e. The fraction of sp³-hybridized carbons (Fsp3) is 0.318. The summed E-state index contributed by atoms with van der Waals surface area (Å²) in [4.78, 5) is 16.5. The molecule has 2 aromatic rings. The number of piperazine rings is 1. The fourth-order valence-corrected chi connectivity index (χ4v) is 3.51. The Morgan fingerprint density at radius 2 is 1.83 bits per heavy atom. The van der Waals surface area contributed by atoms with Crippen LogP contribution in [0, 0.1) is 0 Å². The van der Waals surface area contributed by atoms with Crippen molar-refractivity contribution in [2.75, 3.05) is 33.0 Å². The van der Waals surface area contributed by atoms with Crippen LogP contribution in [0.25, 0.3) is 6.08 Å². The van der Waals surface area contributed by atoms with Gasteiger partial charge in [0.05, 0.1) is 0 Å². The van der Waals surface area contributed by atoms with Gasteiger partial charge in [-0.15, -0.1) is 0 Å². The Kier molecular flexibility index (Phi) is 6.13. The SMILES string of the molecule is O=C(/C=C/c1ccccc1OC(F)F)N1CCN(Cc2ccc3c(c2)OCO3)CC1. The highest BCUT2D eigenvalue weighted by Crippen LogP contribution is 2.32. The Labute approximate surface area is 173 Å². The number of nitrogens with zero attached hydrogens (tertiary/aromatic N) is 2. The molecule has 2 heterocycles. The predicted molar refractivity (Wildman–Crippen MR) is 107 cm³/mol. The lowest BCUT2D eigenvalue weighted by atomic mass is 10.1. The Balaban J connectivity index is 1.30. The molecule has 0 spiro atoms. The van der Waals surface area contributed by atoms with Gasteiger partial charge in [0.15, 0.2) is 11.5 Å². The normalized spacial score (nSPS) is 16.4. The number of carbonyl (C=O) groups excluding carboxylic acids is 1. The molecule has 2 aromatic carbocycles. The first kappa shape index (κ1) is 20.2. The number of amides is 1. The molecular weight excluding hydrogens is 394 g/mol. The Hall–Kier alpha value is -3.13. The number of benzene rings is 2. The number of hydrogen-bond donors (Lipinski definition) is 0. The number of para-hydroxylation sites is 1. The van der Waals surface area contributed by atoms with Crippen molar-refractivity contribution in [3.8, 4) is 17.2 Å². The molecule has 0 unspecified atom stereocenters. The van der Waals surface area contributed by atoms with Gasteiger partial charge < -0.3 is 19.1 Å². The van der Waals surface area contributed by atoms with Crippen molar-refractivity contribution in [2.45, 2.75) is 13.2 Å². The summed E-state index contributed by atoms with van der Waals surface area (Å²) in [6.07, 6.45) is 2.92. The van der Waals surface area contributed by atoms with Gasteiger partial charge in [-0.2, -0.15) is 8.78 Å². The molecule has 1 amide bonds. The lowest BCUT2D eigenvalue weighted by Crippen LogP contribution is -2.47. The number of ether oxygens (including phenoxy) is 3. The topological polar surface area (TPSA) is 51.2 Å². The van der Waals surface area contributed by atoms with E-state index in [2.05, 4.69) is 9.64 Å². The van der Waals surface area contributed by atoms with Crippen LogP contribution in [0.15, 0.2) is 48.5 Å². The Morgan fingerprint density at radius 1 is 1.07 bits per heavy atom. The first-order chi connectivity index (χ1) is 14.6. The molecule has 158 valence electrons. The number of alkyl halides is 2. The van der Waals surface area contributed by atoms with Gasteiger partial charge in [-0.05, 0) is 29.8 Å². The Bertz CT molecular complexity index is 927. The van der Waals surface area contributed by atoms with Gasteiger partial charge in [-0.25, -0.2) is 0 Å². The minimum Gasteiger partial charge on any atom is -0.454 e. The van der Waals surface area contributed by atoms with E-state index >= 15 is 0 Å². The van der Waals surface area contributed by atoms with Crippen molar-refractivity contribution in [3.63, 3.8) is 0 Å². The van der Waals surface area contributed by atoms with Crippen LogP contribution in [0.1, 0.15) is 11.1 Å². The first-order valence-electron chi connectivity index (χ1n) is 9.70.